The van der Waals surface area contributed by atoms with Gasteiger partial charge in [-0.25, -0.2) is 4.98 Å². The van der Waals surface area contributed by atoms with Gasteiger partial charge in [0.1, 0.15) is 0 Å². The fourth-order valence-corrected chi connectivity index (χ4v) is 4.20. The maximum atomic E-state index is 5.55. The van der Waals surface area contributed by atoms with Gasteiger partial charge in [0.25, 0.3) is 0 Å². The van der Waals surface area contributed by atoms with Crippen molar-refractivity contribution in [2.75, 3.05) is 6.61 Å². The summed E-state index contributed by atoms with van der Waals surface area (Å²) in [5.41, 5.74) is 5.11. The molecule has 4 rings (SSSR count). The number of aryl methyl sites for hydroxylation is 1. The van der Waals surface area contributed by atoms with Crippen molar-refractivity contribution in [2.45, 2.75) is 46.2 Å². The number of ether oxygens (including phenoxy) is 1. The minimum atomic E-state index is 0.307. The Kier molecular flexibility index (Phi) is 11.8. The molecule has 0 bridgehead atoms. The highest BCUT2D eigenvalue weighted by atomic mass is 79.9. The van der Waals surface area contributed by atoms with Crippen molar-refractivity contribution >= 4 is 33.6 Å². The lowest BCUT2D eigenvalue weighted by Gasteiger charge is -2.12. The molecule has 0 radical (unpaired) electrons. The lowest BCUT2D eigenvalue weighted by molar-refractivity contribution is 0.0749. The first-order valence-electron chi connectivity index (χ1n) is 12.6. The summed E-state index contributed by atoms with van der Waals surface area (Å²) in [5.74, 6) is 0. The van der Waals surface area contributed by atoms with Crippen LogP contribution in [-0.4, -0.2) is 29.0 Å². The van der Waals surface area contributed by atoms with E-state index in [1.54, 1.807) is 0 Å². The fourth-order valence-electron chi connectivity index (χ4n) is 4.02. The minimum Gasteiger partial charge on any atom is -0.379 e. The molecule has 0 aliphatic carbocycles. The first kappa shape index (κ1) is 27.7. The minimum absolute atomic E-state index is 0.307. The maximum absolute atomic E-state index is 5.55. The molecule has 36 heavy (non-hydrogen) atoms. The molecule has 5 heteroatoms. The molecule has 4 aromatic rings. The van der Waals surface area contributed by atoms with E-state index >= 15 is 0 Å². The molecule has 0 amide bonds. The highest BCUT2D eigenvalue weighted by Crippen LogP contribution is 2.18. The van der Waals surface area contributed by atoms with Crippen molar-refractivity contribution < 1.29 is 4.74 Å². The van der Waals surface area contributed by atoms with Crippen molar-refractivity contribution in [2.24, 2.45) is 0 Å². The molecule has 0 atom stereocenters. The standard InChI is InChI=1S/C16H16BBr.C15H20N2O/c1-14(18)12-13-17(15-8-4-2-5-9-15)16-10-6-3-7-11-16;1-13(2)18-10-6-9-17-12-16-11-15(17)14-7-4-3-5-8-14/h2-12H,13H2,1H3;3-5,7-8,11-13H,6,9-10H2,1-2H3. The summed E-state index contributed by atoms with van der Waals surface area (Å²) in [6, 6.07) is 31.7. The number of hydrogen-bond acceptors (Lipinski definition) is 2. The van der Waals surface area contributed by atoms with Crippen LogP contribution in [0, 0.1) is 0 Å². The third-order valence-corrected chi connectivity index (χ3v) is 6.14. The van der Waals surface area contributed by atoms with E-state index in [0.29, 0.717) is 12.8 Å². The second-order valence-electron chi connectivity index (χ2n) is 9.01. The average Bonchev–Trinajstić information content (AvgIpc) is 3.37. The molecule has 0 N–H and O–H groups in total. The summed E-state index contributed by atoms with van der Waals surface area (Å²) >= 11 is 3.51. The Balaban J connectivity index is 0.000000201. The Morgan fingerprint density at radius 3 is 2.00 bits per heavy atom. The normalized spacial score (nSPS) is 11.2. The van der Waals surface area contributed by atoms with Crippen LogP contribution in [0.25, 0.3) is 11.3 Å². The third kappa shape index (κ3) is 9.29. The molecule has 186 valence electrons. The second-order valence-corrected chi connectivity index (χ2v) is 10.3. The molecule has 3 aromatic carbocycles. The topological polar surface area (TPSA) is 27.1 Å². The van der Waals surface area contributed by atoms with Gasteiger partial charge in [-0.3, -0.25) is 0 Å². The van der Waals surface area contributed by atoms with Crippen LogP contribution in [0.1, 0.15) is 27.2 Å². The third-order valence-electron chi connectivity index (χ3n) is 5.82. The predicted molar refractivity (Wildman–Crippen MR) is 159 cm³/mol. The Hall–Kier alpha value is -2.89. The van der Waals surface area contributed by atoms with E-state index in [9.17, 15) is 0 Å². The molecule has 0 aliphatic rings. The van der Waals surface area contributed by atoms with Crippen molar-refractivity contribution in [3.63, 3.8) is 0 Å². The van der Waals surface area contributed by atoms with Crippen LogP contribution >= 0.6 is 15.9 Å². The number of benzene rings is 3. The SMILES string of the molecule is CC(Br)=CCB(c1ccccc1)c1ccccc1.CC(C)OCCCn1cncc1-c1ccccc1. The molecule has 0 saturated heterocycles. The lowest BCUT2D eigenvalue weighted by Crippen LogP contribution is -2.41. The average molecular weight is 543 g/mol. The van der Waals surface area contributed by atoms with E-state index in [1.807, 2.05) is 18.6 Å². The van der Waals surface area contributed by atoms with E-state index in [4.69, 9.17) is 4.74 Å². The zero-order chi connectivity index (χ0) is 25.6. The molecule has 3 nitrogen and oxygen atoms in total. The van der Waals surface area contributed by atoms with E-state index in [-0.39, 0.29) is 0 Å². The summed E-state index contributed by atoms with van der Waals surface area (Å²) < 4.78 is 8.93. The van der Waals surface area contributed by atoms with Gasteiger partial charge in [-0.2, -0.15) is 0 Å². The zero-order valence-corrected chi connectivity index (χ0v) is 23.1. The van der Waals surface area contributed by atoms with Crippen LogP contribution in [0.5, 0.6) is 0 Å². The number of hydrogen-bond donors (Lipinski definition) is 0. The Labute approximate surface area is 225 Å². The van der Waals surface area contributed by atoms with E-state index < -0.39 is 0 Å². The van der Waals surface area contributed by atoms with Crippen molar-refractivity contribution in [3.8, 4) is 11.3 Å². The Morgan fingerprint density at radius 1 is 0.917 bits per heavy atom. The molecule has 1 heterocycles. The van der Waals surface area contributed by atoms with Crippen LogP contribution < -0.4 is 10.9 Å². The summed E-state index contributed by atoms with van der Waals surface area (Å²) in [6.45, 7) is 8.37. The van der Waals surface area contributed by atoms with Gasteiger partial charge in [0.15, 0.2) is 0 Å². The highest BCUT2D eigenvalue weighted by molar-refractivity contribution is 9.11. The number of imidazole rings is 1. The quantitative estimate of drug-likeness (QED) is 0.160. The van der Waals surface area contributed by atoms with Gasteiger partial charge in [0.2, 0.25) is 6.71 Å². The molecular formula is C31H36BBrN2O. The van der Waals surface area contributed by atoms with Crippen LogP contribution in [0.4, 0.5) is 0 Å². The smallest absolute Gasteiger partial charge is 0.213 e. The summed E-state index contributed by atoms with van der Waals surface area (Å²) in [5, 5.41) is 0. The van der Waals surface area contributed by atoms with Crippen molar-refractivity contribution in [1.29, 1.82) is 0 Å². The molecule has 1 aromatic heterocycles. The van der Waals surface area contributed by atoms with Crippen LogP contribution in [-0.2, 0) is 11.3 Å². The summed E-state index contributed by atoms with van der Waals surface area (Å²) in [7, 11) is 0. The lowest BCUT2D eigenvalue weighted by atomic mass is 9.39. The summed E-state index contributed by atoms with van der Waals surface area (Å²) in [6.07, 6.45) is 8.38. The Morgan fingerprint density at radius 2 is 1.47 bits per heavy atom. The molecule has 0 spiro atoms. The number of rotatable bonds is 10. The Bertz CT molecular complexity index is 1120. The van der Waals surface area contributed by atoms with Gasteiger partial charge in [-0.1, -0.05) is 124 Å². The molecule has 0 unspecified atom stereocenters. The van der Waals surface area contributed by atoms with Gasteiger partial charge in [-0.05, 0) is 43.6 Å². The number of allylic oxidation sites excluding steroid dienone is 2. The highest BCUT2D eigenvalue weighted by Gasteiger charge is 2.16. The monoisotopic (exact) mass is 542 g/mol. The maximum Gasteiger partial charge on any atom is 0.213 e. The molecule has 0 saturated carbocycles. The summed E-state index contributed by atoms with van der Waals surface area (Å²) in [4.78, 5) is 4.23. The largest absolute Gasteiger partial charge is 0.379 e. The van der Waals surface area contributed by atoms with Gasteiger partial charge in [-0.15, -0.1) is 0 Å². The first-order valence-corrected chi connectivity index (χ1v) is 13.4. The van der Waals surface area contributed by atoms with E-state index in [2.05, 4.69) is 137 Å². The fraction of sp³-hybridized carbons (Fsp3) is 0.258. The molecule has 0 aliphatic heterocycles. The number of nitrogens with zero attached hydrogens (tertiary/aromatic N) is 2. The predicted octanol–water partition coefficient (Wildman–Crippen LogP) is 6.96. The van der Waals surface area contributed by atoms with E-state index in [1.165, 1.54) is 26.7 Å². The van der Waals surface area contributed by atoms with Crippen molar-refractivity contribution in [3.05, 3.63) is 114 Å². The number of aromatic nitrogens is 2. The van der Waals surface area contributed by atoms with Gasteiger partial charge >= 0.3 is 0 Å². The number of halogens is 1. The second kappa shape index (κ2) is 15.3. The zero-order valence-electron chi connectivity index (χ0n) is 21.6. The van der Waals surface area contributed by atoms with Crippen LogP contribution in [0.3, 0.4) is 0 Å². The van der Waals surface area contributed by atoms with Crippen LogP contribution in [0.15, 0.2) is 114 Å². The van der Waals surface area contributed by atoms with Crippen LogP contribution in [0.2, 0.25) is 6.32 Å². The molecule has 0 fully saturated rings. The van der Waals surface area contributed by atoms with Gasteiger partial charge in [0.05, 0.1) is 24.3 Å². The first-order chi connectivity index (χ1) is 17.5. The van der Waals surface area contributed by atoms with Gasteiger partial charge in [0, 0.05) is 13.2 Å². The van der Waals surface area contributed by atoms with Gasteiger partial charge < -0.3 is 9.30 Å². The van der Waals surface area contributed by atoms with E-state index in [0.717, 1.165) is 25.9 Å². The molecular weight excluding hydrogens is 507 g/mol. The van der Waals surface area contributed by atoms with Crippen molar-refractivity contribution in [1.82, 2.24) is 9.55 Å².